The van der Waals surface area contributed by atoms with Crippen LogP contribution in [0.5, 0.6) is 0 Å². The topological polar surface area (TPSA) is 12.0 Å². The molecule has 17 heavy (non-hydrogen) atoms. The van der Waals surface area contributed by atoms with E-state index in [0.717, 1.165) is 6.54 Å². The second kappa shape index (κ2) is 9.67. The fraction of sp³-hybridized carbons (Fsp3) is 0.733. The molecule has 1 nitrogen and oxygen atoms in total. The van der Waals surface area contributed by atoms with Gasteiger partial charge in [0.2, 0.25) is 0 Å². The third kappa shape index (κ3) is 6.23. The summed E-state index contributed by atoms with van der Waals surface area (Å²) in [6, 6.07) is 5.03. The first-order valence-corrected chi connectivity index (χ1v) is 8.03. The van der Waals surface area contributed by atoms with E-state index in [0.29, 0.717) is 6.04 Å². The molecule has 1 unspecified atom stereocenters. The Kier molecular flexibility index (Phi) is 8.37. The molecule has 1 aromatic heterocycles. The summed E-state index contributed by atoms with van der Waals surface area (Å²) in [5, 5.41) is 5.86. The van der Waals surface area contributed by atoms with Gasteiger partial charge in [-0.3, -0.25) is 0 Å². The van der Waals surface area contributed by atoms with Crippen LogP contribution in [0.15, 0.2) is 17.5 Å². The molecule has 0 saturated carbocycles. The number of rotatable bonds is 10. The lowest BCUT2D eigenvalue weighted by molar-refractivity contribution is 0.473. The maximum Gasteiger partial charge on any atom is 0.0414 e. The summed E-state index contributed by atoms with van der Waals surface area (Å²) in [6.45, 7) is 5.65. The van der Waals surface area contributed by atoms with Gasteiger partial charge in [-0.1, -0.05) is 52.0 Å². The van der Waals surface area contributed by atoms with Crippen molar-refractivity contribution in [3.8, 4) is 0 Å². The van der Waals surface area contributed by atoms with Crippen molar-refractivity contribution in [1.29, 1.82) is 0 Å². The number of hydrogen-bond acceptors (Lipinski definition) is 2. The molecule has 0 saturated heterocycles. The molecule has 98 valence electrons. The lowest BCUT2D eigenvalue weighted by Crippen LogP contribution is -2.21. The van der Waals surface area contributed by atoms with Gasteiger partial charge in [0.05, 0.1) is 0 Å². The largest absolute Gasteiger partial charge is 0.309 e. The summed E-state index contributed by atoms with van der Waals surface area (Å²) >= 11 is 1.89. The second-order valence-corrected chi connectivity index (χ2v) is 5.70. The average Bonchev–Trinajstić information content (AvgIpc) is 2.86. The minimum absolute atomic E-state index is 0.594. The van der Waals surface area contributed by atoms with Crippen molar-refractivity contribution < 1.29 is 0 Å². The molecule has 1 atom stereocenters. The van der Waals surface area contributed by atoms with E-state index in [4.69, 9.17) is 0 Å². The van der Waals surface area contributed by atoms with Crippen LogP contribution < -0.4 is 5.32 Å². The Hall–Kier alpha value is -0.340. The summed E-state index contributed by atoms with van der Waals surface area (Å²) in [6.07, 6.45) is 9.40. The standard InChI is InChI=1S/C15H27NS/c1-3-5-6-7-8-10-14(16-12-4-2)15-11-9-13-17-15/h9,11,13-14,16H,3-8,10,12H2,1-2H3. The van der Waals surface area contributed by atoms with Gasteiger partial charge in [-0.05, 0) is 30.8 Å². The van der Waals surface area contributed by atoms with Gasteiger partial charge < -0.3 is 5.32 Å². The highest BCUT2D eigenvalue weighted by atomic mass is 32.1. The molecule has 0 radical (unpaired) electrons. The summed E-state index contributed by atoms with van der Waals surface area (Å²) < 4.78 is 0. The van der Waals surface area contributed by atoms with Crippen molar-refractivity contribution in [2.24, 2.45) is 0 Å². The average molecular weight is 253 g/mol. The normalized spacial score (nSPS) is 12.8. The Labute approximate surface area is 111 Å². The van der Waals surface area contributed by atoms with Gasteiger partial charge in [-0.15, -0.1) is 11.3 Å². The van der Waals surface area contributed by atoms with E-state index >= 15 is 0 Å². The Morgan fingerprint density at radius 2 is 1.94 bits per heavy atom. The van der Waals surface area contributed by atoms with Crippen LogP contribution in [0.2, 0.25) is 0 Å². The first kappa shape index (κ1) is 14.7. The van der Waals surface area contributed by atoms with Crippen LogP contribution >= 0.6 is 11.3 Å². The molecular formula is C15H27NS. The van der Waals surface area contributed by atoms with Crippen LogP contribution in [0.4, 0.5) is 0 Å². The molecule has 1 rings (SSSR count). The highest BCUT2D eigenvalue weighted by molar-refractivity contribution is 7.10. The van der Waals surface area contributed by atoms with E-state index in [9.17, 15) is 0 Å². The molecule has 0 fully saturated rings. The molecule has 1 N–H and O–H groups in total. The minimum Gasteiger partial charge on any atom is -0.309 e. The zero-order valence-electron chi connectivity index (χ0n) is 11.4. The Morgan fingerprint density at radius 3 is 2.59 bits per heavy atom. The van der Waals surface area contributed by atoms with Crippen molar-refractivity contribution in [1.82, 2.24) is 5.32 Å². The predicted molar refractivity (Wildman–Crippen MR) is 78.7 cm³/mol. The SMILES string of the molecule is CCCCCCCC(NCCC)c1cccs1. The maximum absolute atomic E-state index is 3.67. The van der Waals surface area contributed by atoms with Crippen LogP contribution in [0.25, 0.3) is 0 Å². The van der Waals surface area contributed by atoms with Crippen LogP contribution in [-0.4, -0.2) is 6.54 Å². The number of unbranched alkanes of at least 4 members (excludes halogenated alkanes) is 4. The van der Waals surface area contributed by atoms with E-state index in [1.807, 2.05) is 11.3 Å². The summed E-state index contributed by atoms with van der Waals surface area (Å²) in [5.41, 5.74) is 0. The van der Waals surface area contributed by atoms with Gasteiger partial charge in [0.25, 0.3) is 0 Å². The Bertz CT molecular complexity index is 256. The third-order valence-corrected chi connectivity index (χ3v) is 4.11. The monoisotopic (exact) mass is 253 g/mol. The van der Waals surface area contributed by atoms with Gasteiger partial charge >= 0.3 is 0 Å². The zero-order chi connectivity index (χ0) is 12.3. The molecule has 0 amide bonds. The van der Waals surface area contributed by atoms with Crippen LogP contribution in [-0.2, 0) is 0 Å². The van der Waals surface area contributed by atoms with Crippen LogP contribution in [0.3, 0.4) is 0 Å². The van der Waals surface area contributed by atoms with Gasteiger partial charge in [0, 0.05) is 10.9 Å². The highest BCUT2D eigenvalue weighted by Crippen LogP contribution is 2.24. The quantitative estimate of drug-likeness (QED) is 0.569. The molecule has 0 bridgehead atoms. The maximum atomic E-state index is 3.67. The van der Waals surface area contributed by atoms with E-state index in [2.05, 4.69) is 36.7 Å². The molecular weight excluding hydrogens is 226 g/mol. The van der Waals surface area contributed by atoms with E-state index in [1.54, 1.807) is 0 Å². The van der Waals surface area contributed by atoms with Gasteiger partial charge in [-0.25, -0.2) is 0 Å². The van der Waals surface area contributed by atoms with Crippen molar-refractivity contribution in [3.63, 3.8) is 0 Å². The van der Waals surface area contributed by atoms with Crippen molar-refractivity contribution in [2.45, 2.75) is 64.8 Å². The van der Waals surface area contributed by atoms with Crippen LogP contribution in [0.1, 0.15) is 69.7 Å². The minimum atomic E-state index is 0.594. The Balaban J connectivity index is 2.26. The fourth-order valence-corrected chi connectivity index (χ4v) is 2.94. The predicted octanol–water partition coefficient (Wildman–Crippen LogP) is 5.15. The summed E-state index contributed by atoms with van der Waals surface area (Å²) in [5.74, 6) is 0. The molecule has 0 aliphatic carbocycles. The summed E-state index contributed by atoms with van der Waals surface area (Å²) in [7, 11) is 0. The van der Waals surface area contributed by atoms with E-state index < -0.39 is 0 Å². The number of hydrogen-bond donors (Lipinski definition) is 1. The molecule has 1 aromatic rings. The molecule has 0 spiro atoms. The molecule has 0 aliphatic rings. The fourth-order valence-electron chi connectivity index (χ4n) is 2.11. The van der Waals surface area contributed by atoms with E-state index in [1.165, 1.54) is 49.8 Å². The highest BCUT2D eigenvalue weighted by Gasteiger charge is 2.10. The lowest BCUT2D eigenvalue weighted by atomic mass is 10.1. The van der Waals surface area contributed by atoms with Gasteiger partial charge in [0.15, 0.2) is 0 Å². The molecule has 1 heterocycles. The Morgan fingerprint density at radius 1 is 1.12 bits per heavy atom. The van der Waals surface area contributed by atoms with Crippen molar-refractivity contribution >= 4 is 11.3 Å². The first-order chi connectivity index (χ1) is 8.38. The first-order valence-electron chi connectivity index (χ1n) is 7.15. The molecule has 0 aliphatic heterocycles. The van der Waals surface area contributed by atoms with Crippen molar-refractivity contribution in [3.05, 3.63) is 22.4 Å². The van der Waals surface area contributed by atoms with Crippen LogP contribution in [0, 0.1) is 0 Å². The van der Waals surface area contributed by atoms with Crippen molar-refractivity contribution in [2.75, 3.05) is 6.54 Å². The third-order valence-electron chi connectivity index (χ3n) is 3.12. The number of thiophene rings is 1. The van der Waals surface area contributed by atoms with Gasteiger partial charge in [-0.2, -0.15) is 0 Å². The smallest absolute Gasteiger partial charge is 0.0414 e. The second-order valence-electron chi connectivity index (χ2n) is 4.73. The molecule has 0 aromatic carbocycles. The van der Waals surface area contributed by atoms with Gasteiger partial charge in [0.1, 0.15) is 0 Å². The zero-order valence-corrected chi connectivity index (χ0v) is 12.2. The lowest BCUT2D eigenvalue weighted by Gasteiger charge is -2.17. The van der Waals surface area contributed by atoms with E-state index in [-0.39, 0.29) is 0 Å². The molecule has 2 heteroatoms. The summed E-state index contributed by atoms with van der Waals surface area (Å²) in [4.78, 5) is 1.51. The number of nitrogens with one attached hydrogen (secondary N) is 1.